The molecule has 0 unspecified atom stereocenters. The number of carboxylic acid groups (broad SMARTS) is 1. The summed E-state index contributed by atoms with van der Waals surface area (Å²) in [4.78, 5) is 16.0. The van der Waals surface area contributed by atoms with Gasteiger partial charge in [0.1, 0.15) is 28.8 Å². The number of nitrogens with two attached hydrogens (primary N) is 1. The lowest BCUT2D eigenvalue weighted by Crippen LogP contribution is -2.14. The molecule has 27 heavy (non-hydrogen) atoms. The van der Waals surface area contributed by atoms with Gasteiger partial charge in [0.25, 0.3) is 0 Å². The number of nitrogens with zero attached hydrogens (tertiary/aromatic N) is 3. The average Bonchev–Trinajstić information content (AvgIpc) is 2.87. The maximum absolute atomic E-state index is 11.4. The number of hydrogen-bond acceptors (Lipinski definition) is 5. The van der Waals surface area contributed by atoms with Crippen molar-refractivity contribution < 1.29 is 14.6 Å². The molecule has 0 aliphatic rings. The van der Waals surface area contributed by atoms with Crippen LogP contribution in [0.25, 0.3) is 16.7 Å². The Balaban J connectivity index is 2.54. The number of amides is 1. The number of rotatable bonds is 3. The third kappa shape index (κ3) is 2.79. The molecule has 2 heterocycles. The summed E-state index contributed by atoms with van der Waals surface area (Å²) in [5.41, 5.74) is 9.96. The minimum Gasteiger partial charge on any atom is -0.496 e. The minimum atomic E-state index is -1.28. The van der Waals surface area contributed by atoms with Gasteiger partial charge in [0, 0.05) is 10.9 Å². The maximum atomic E-state index is 11.4. The van der Waals surface area contributed by atoms with Crippen LogP contribution in [-0.2, 0) is 0 Å². The lowest BCUT2D eigenvalue weighted by molar-refractivity contribution is 0.209. The van der Waals surface area contributed by atoms with Gasteiger partial charge in [0.15, 0.2) is 0 Å². The first-order chi connectivity index (χ1) is 12.8. The predicted molar refractivity (Wildman–Crippen MR) is 103 cm³/mol. The molecule has 2 aromatic heterocycles. The molecule has 0 radical (unpaired) electrons. The Kier molecular flexibility index (Phi) is 4.37. The highest BCUT2D eigenvalue weighted by molar-refractivity contribution is 5.98. The van der Waals surface area contributed by atoms with E-state index in [4.69, 9.17) is 10.5 Å². The van der Waals surface area contributed by atoms with E-state index in [0.717, 1.165) is 11.1 Å². The normalized spacial score (nSPS) is 10.6. The molecule has 3 rings (SSSR count). The monoisotopic (exact) mass is 365 g/mol. The molecule has 3 aromatic rings. The number of carbonyl (C=O) groups is 1. The van der Waals surface area contributed by atoms with Crippen molar-refractivity contribution in [3.63, 3.8) is 0 Å². The largest absolute Gasteiger partial charge is 0.496 e. The Morgan fingerprint density at radius 1 is 1.37 bits per heavy atom. The highest BCUT2D eigenvalue weighted by Gasteiger charge is 2.24. The van der Waals surface area contributed by atoms with E-state index in [1.807, 2.05) is 26.0 Å². The van der Waals surface area contributed by atoms with Crippen molar-refractivity contribution >= 4 is 28.6 Å². The highest BCUT2D eigenvalue weighted by Crippen LogP contribution is 2.38. The molecule has 0 aliphatic heterocycles. The molecule has 0 aliphatic carbocycles. The van der Waals surface area contributed by atoms with Gasteiger partial charge in [0.2, 0.25) is 0 Å². The van der Waals surface area contributed by atoms with Gasteiger partial charge < -0.3 is 15.6 Å². The van der Waals surface area contributed by atoms with Gasteiger partial charge in [0.05, 0.1) is 24.2 Å². The third-order valence-electron chi connectivity index (χ3n) is 4.54. The molecular weight excluding hydrogens is 346 g/mol. The Morgan fingerprint density at radius 2 is 2.07 bits per heavy atom. The van der Waals surface area contributed by atoms with E-state index < -0.39 is 6.09 Å². The number of aromatic nitrogens is 2. The number of methoxy groups -OCH3 is 1. The van der Waals surface area contributed by atoms with Crippen LogP contribution in [0.1, 0.15) is 22.4 Å². The molecule has 0 saturated carbocycles. The fraction of sp³-hybridized carbons (Fsp3) is 0.211. The Bertz CT molecular complexity index is 1130. The molecule has 8 nitrogen and oxygen atoms in total. The lowest BCUT2D eigenvalue weighted by Gasteiger charge is -2.18. The quantitative estimate of drug-likeness (QED) is 0.652. The van der Waals surface area contributed by atoms with Crippen molar-refractivity contribution in [1.82, 2.24) is 9.55 Å². The van der Waals surface area contributed by atoms with Gasteiger partial charge in [-0.05, 0) is 38.5 Å². The number of anilines is 2. The van der Waals surface area contributed by atoms with Crippen LogP contribution in [0.5, 0.6) is 5.75 Å². The summed E-state index contributed by atoms with van der Waals surface area (Å²) in [6.45, 7) is 5.52. The van der Waals surface area contributed by atoms with Gasteiger partial charge >= 0.3 is 6.09 Å². The average molecular weight is 365 g/mol. The van der Waals surface area contributed by atoms with Crippen LogP contribution in [-0.4, -0.2) is 27.9 Å². The second kappa shape index (κ2) is 6.53. The third-order valence-corrected chi connectivity index (χ3v) is 4.54. The van der Waals surface area contributed by atoms with Crippen LogP contribution in [0.2, 0.25) is 0 Å². The maximum Gasteiger partial charge on any atom is 0.410 e. The number of nitrogen functional groups attached to an aromatic ring is 1. The summed E-state index contributed by atoms with van der Waals surface area (Å²) in [7, 11) is 1.56. The molecule has 1 aromatic carbocycles. The summed E-state index contributed by atoms with van der Waals surface area (Å²) in [5.74, 6) is 0.765. The number of aryl methyl sites for hydroxylation is 2. The predicted octanol–water partition coefficient (Wildman–Crippen LogP) is 3.50. The van der Waals surface area contributed by atoms with Crippen LogP contribution in [0.15, 0.2) is 18.2 Å². The first-order valence-electron chi connectivity index (χ1n) is 8.16. The fourth-order valence-corrected chi connectivity index (χ4v) is 3.24. The van der Waals surface area contributed by atoms with Crippen molar-refractivity contribution in [3.8, 4) is 17.5 Å². The molecule has 138 valence electrons. The summed E-state index contributed by atoms with van der Waals surface area (Å²) >= 11 is 0. The molecule has 0 spiro atoms. The van der Waals surface area contributed by atoms with E-state index in [-0.39, 0.29) is 11.4 Å². The number of fused-ring (bicyclic) bond motifs is 1. The van der Waals surface area contributed by atoms with Crippen LogP contribution in [0.4, 0.5) is 16.3 Å². The van der Waals surface area contributed by atoms with Crippen molar-refractivity contribution in [1.29, 1.82) is 5.26 Å². The zero-order chi connectivity index (χ0) is 19.9. The molecule has 0 atom stereocenters. The highest BCUT2D eigenvalue weighted by atomic mass is 16.5. The standard InChI is InChI=1S/C19H19N5O3/c1-9-5-6-15(27-4)10(2)16(9)24-17-12(7-14(21)11(3)22-17)13(8-20)18(24)23-19(25)26/h5-7,23H,21H2,1-4H3,(H,25,26). The SMILES string of the molecule is COc1ccc(C)c(-n2c(NC(=O)O)c(C#N)c3cc(N)c(C)nc32)c1C. The van der Waals surface area contributed by atoms with Crippen molar-refractivity contribution in [2.75, 3.05) is 18.2 Å². The minimum absolute atomic E-state index is 0.122. The summed E-state index contributed by atoms with van der Waals surface area (Å²) in [6.07, 6.45) is -1.28. The second-order valence-corrected chi connectivity index (χ2v) is 6.19. The topological polar surface area (TPSA) is 126 Å². The van der Waals surface area contributed by atoms with E-state index in [0.29, 0.717) is 33.9 Å². The van der Waals surface area contributed by atoms with E-state index >= 15 is 0 Å². The number of nitriles is 1. The Hall–Kier alpha value is -3.73. The van der Waals surface area contributed by atoms with Gasteiger partial charge in [-0.25, -0.2) is 9.78 Å². The van der Waals surface area contributed by atoms with Gasteiger partial charge in [-0.2, -0.15) is 5.26 Å². The van der Waals surface area contributed by atoms with Gasteiger partial charge in [-0.3, -0.25) is 9.88 Å². The second-order valence-electron chi connectivity index (χ2n) is 6.19. The van der Waals surface area contributed by atoms with Crippen LogP contribution >= 0.6 is 0 Å². The van der Waals surface area contributed by atoms with E-state index in [2.05, 4.69) is 16.4 Å². The number of nitrogens with one attached hydrogen (secondary N) is 1. The Morgan fingerprint density at radius 3 is 2.67 bits per heavy atom. The van der Waals surface area contributed by atoms with E-state index in [1.54, 1.807) is 24.7 Å². The summed E-state index contributed by atoms with van der Waals surface area (Å²) in [6, 6.07) is 7.43. The summed E-state index contributed by atoms with van der Waals surface area (Å²) in [5, 5.41) is 21.9. The van der Waals surface area contributed by atoms with E-state index in [9.17, 15) is 15.2 Å². The molecule has 4 N–H and O–H groups in total. The van der Waals surface area contributed by atoms with E-state index in [1.165, 1.54) is 0 Å². The van der Waals surface area contributed by atoms with Gasteiger partial charge in [-0.15, -0.1) is 0 Å². The van der Waals surface area contributed by atoms with Crippen molar-refractivity contribution in [2.45, 2.75) is 20.8 Å². The fourth-order valence-electron chi connectivity index (χ4n) is 3.24. The van der Waals surface area contributed by atoms with Crippen molar-refractivity contribution in [3.05, 3.63) is 40.6 Å². The first-order valence-corrected chi connectivity index (χ1v) is 8.16. The number of pyridine rings is 1. The van der Waals surface area contributed by atoms with Crippen molar-refractivity contribution in [2.24, 2.45) is 0 Å². The Labute approximate surface area is 155 Å². The zero-order valence-electron chi connectivity index (χ0n) is 15.4. The zero-order valence-corrected chi connectivity index (χ0v) is 15.4. The lowest BCUT2D eigenvalue weighted by atomic mass is 10.1. The number of hydrogen-bond donors (Lipinski definition) is 3. The van der Waals surface area contributed by atoms with Gasteiger partial charge in [-0.1, -0.05) is 6.07 Å². The molecule has 0 saturated heterocycles. The number of ether oxygens (including phenoxy) is 1. The first kappa shape index (κ1) is 18.1. The number of benzene rings is 1. The molecule has 0 bridgehead atoms. The molecule has 8 heteroatoms. The van der Waals surface area contributed by atoms with Crippen LogP contribution in [0, 0.1) is 32.1 Å². The summed E-state index contributed by atoms with van der Waals surface area (Å²) < 4.78 is 7.06. The van der Waals surface area contributed by atoms with Crippen LogP contribution < -0.4 is 15.8 Å². The smallest absolute Gasteiger partial charge is 0.410 e. The molecule has 0 fully saturated rings. The van der Waals surface area contributed by atoms with Crippen LogP contribution in [0.3, 0.4) is 0 Å². The molecule has 1 amide bonds. The molecular formula is C19H19N5O3.